The Morgan fingerprint density at radius 3 is 2.29 bits per heavy atom. The molecule has 0 radical (unpaired) electrons. The summed E-state index contributed by atoms with van der Waals surface area (Å²) in [4.78, 5) is 10.0. The van der Waals surface area contributed by atoms with E-state index in [4.69, 9.17) is 18.9 Å². The van der Waals surface area contributed by atoms with Crippen molar-refractivity contribution in [1.29, 1.82) is 0 Å². The zero-order valence-corrected chi connectivity index (χ0v) is 12.9. The maximum absolute atomic E-state index is 12.7. The molecule has 0 aliphatic heterocycles. The average Bonchev–Trinajstić information content (AvgIpc) is 2.46. The van der Waals surface area contributed by atoms with Gasteiger partial charge in [0.2, 0.25) is 0 Å². The summed E-state index contributed by atoms with van der Waals surface area (Å²) in [5, 5.41) is 0. The fourth-order valence-electron chi connectivity index (χ4n) is 1.40. The van der Waals surface area contributed by atoms with Crippen LogP contribution in [0.5, 0.6) is 11.5 Å². The van der Waals surface area contributed by atoms with Gasteiger partial charge in [-0.1, -0.05) is 0 Å². The molecule has 0 aromatic heterocycles. The summed E-state index contributed by atoms with van der Waals surface area (Å²) < 4.78 is 32.6. The molecular formula is C15H23FO5. The second kappa shape index (κ2) is 12.1. The number of aldehydes is 1. The minimum atomic E-state index is -0.429. The van der Waals surface area contributed by atoms with Crippen molar-refractivity contribution in [2.45, 2.75) is 27.1 Å². The first-order valence-corrected chi connectivity index (χ1v) is 6.72. The molecule has 1 aromatic rings. The van der Waals surface area contributed by atoms with Crippen LogP contribution < -0.4 is 9.47 Å². The Hall–Kier alpha value is -1.66. The first kappa shape index (κ1) is 19.3. The van der Waals surface area contributed by atoms with Gasteiger partial charge in [-0.25, -0.2) is 4.39 Å². The number of hydrogen-bond acceptors (Lipinski definition) is 5. The third-order valence-electron chi connectivity index (χ3n) is 2.24. The normalized spacial score (nSPS) is 9.81. The number of ether oxygens (including phenoxy) is 4. The fourth-order valence-corrected chi connectivity index (χ4v) is 1.40. The molecule has 21 heavy (non-hydrogen) atoms. The molecule has 0 aliphatic rings. The second-order valence-electron chi connectivity index (χ2n) is 3.75. The van der Waals surface area contributed by atoms with Gasteiger partial charge < -0.3 is 18.9 Å². The summed E-state index contributed by atoms with van der Waals surface area (Å²) in [5.74, 6) is 0.208. The first-order valence-electron chi connectivity index (χ1n) is 6.72. The van der Waals surface area contributed by atoms with Gasteiger partial charge >= 0.3 is 0 Å². The van der Waals surface area contributed by atoms with E-state index < -0.39 is 5.82 Å². The van der Waals surface area contributed by atoms with Gasteiger partial charge in [0.05, 0.1) is 7.11 Å². The molecule has 0 atom stereocenters. The van der Waals surface area contributed by atoms with E-state index in [-0.39, 0.29) is 18.6 Å². The Morgan fingerprint density at radius 1 is 1.19 bits per heavy atom. The minimum absolute atomic E-state index is 0.0370. The second-order valence-corrected chi connectivity index (χ2v) is 3.75. The van der Waals surface area contributed by atoms with Crippen LogP contribution in [0.3, 0.4) is 0 Å². The van der Waals surface area contributed by atoms with Gasteiger partial charge in [-0.05, 0) is 32.9 Å². The van der Waals surface area contributed by atoms with Gasteiger partial charge in [0.25, 0.3) is 0 Å². The highest BCUT2D eigenvalue weighted by Gasteiger charge is 2.04. The number of hydrogen-bond donors (Lipinski definition) is 0. The highest BCUT2D eigenvalue weighted by molar-refractivity contribution is 5.52. The molecule has 0 bridgehead atoms. The maximum atomic E-state index is 12.7. The predicted molar refractivity (Wildman–Crippen MR) is 77.2 cm³/mol. The summed E-state index contributed by atoms with van der Waals surface area (Å²) in [6, 6.07) is 3.87. The van der Waals surface area contributed by atoms with E-state index in [9.17, 15) is 9.18 Å². The lowest BCUT2D eigenvalue weighted by Gasteiger charge is -2.09. The molecule has 6 heteroatoms. The number of carbonyl (C=O) groups is 1. The highest BCUT2D eigenvalue weighted by Crippen LogP contribution is 2.26. The largest absolute Gasteiger partial charge is 0.493 e. The van der Waals surface area contributed by atoms with E-state index in [1.807, 2.05) is 20.8 Å². The molecule has 0 saturated heterocycles. The minimum Gasteiger partial charge on any atom is -0.493 e. The number of carbonyl (C=O) groups excluding carboxylic acids is 1. The van der Waals surface area contributed by atoms with Crippen molar-refractivity contribution in [3.05, 3.63) is 24.0 Å². The molecule has 0 fully saturated rings. The molecule has 120 valence electrons. The number of rotatable bonds is 8. The third kappa shape index (κ3) is 8.99. The van der Waals surface area contributed by atoms with Crippen molar-refractivity contribution >= 4 is 6.29 Å². The van der Waals surface area contributed by atoms with Crippen LogP contribution in [-0.4, -0.2) is 39.5 Å². The number of methoxy groups -OCH3 is 1. The Balaban J connectivity index is 0.000000433. The summed E-state index contributed by atoms with van der Waals surface area (Å²) in [5.41, 5.74) is 0. The molecule has 5 nitrogen and oxygen atoms in total. The average molecular weight is 302 g/mol. The lowest BCUT2D eigenvalue weighted by Crippen LogP contribution is -2.11. The van der Waals surface area contributed by atoms with Crippen molar-refractivity contribution in [3.8, 4) is 11.5 Å². The van der Waals surface area contributed by atoms with Crippen LogP contribution in [0.25, 0.3) is 0 Å². The monoisotopic (exact) mass is 302 g/mol. The van der Waals surface area contributed by atoms with Gasteiger partial charge in [0, 0.05) is 19.3 Å². The molecule has 0 spiro atoms. The van der Waals surface area contributed by atoms with E-state index in [0.29, 0.717) is 12.0 Å². The molecule has 0 aliphatic carbocycles. The van der Waals surface area contributed by atoms with Crippen LogP contribution in [0.4, 0.5) is 4.39 Å². The van der Waals surface area contributed by atoms with Crippen molar-refractivity contribution in [2.75, 3.05) is 26.9 Å². The van der Waals surface area contributed by atoms with Crippen molar-refractivity contribution in [3.63, 3.8) is 0 Å². The zero-order chi connectivity index (χ0) is 16.1. The van der Waals surface area contributed by atoms with Gasteiger partial charge in [0.1, 0.15) is 12.4 Å². The van der Waals surface area contributed by atoms with Crippen LogP contribution in [0.2, 0.25) is 0 Å². The Labute approximate surface area is 125 Å². The van der Waals surface area contributed by atoms with E-state index in [0.717, 1.165) is 13.2 Å². The van der Waals surface area contributed by atoms with E-state index in [1.165, 1.54) is 25.3 Å². The number of halogens is 1. The molecule has 0 saturated carbocycles. The lowest BCUT2D eigenvalue weighted by atomic mass is 10.3. The molecule has 0 unspecified atom stereocenters. The van der Waals surface area contributed by atoms with E-state index in [1.54, 1.807) is 0 Å². The topological polar surface area (TPSA) is 54.0 Å². The van der Waals surface area contributed by atoms with Crippen LogP contribution in [0.1, 0.15) is 20.8 Å². The molecule has 0 N–H and O–H groups in total. The summed E-state index contributed by atoms with van der Waals surface area (Å²) >= 11 is 0. The number of benzene rings is 1. The summed E-state index contributed by atoms with van der Waals surface area (Å²) in [6.45, 7) is 7.14. The van der Waals surface area contributed by atoms with E-state index in [2.05, 4.69) is 0 Å². The molecular weight excluding hydrogens is 279 g/mol. The zero-order valence-electron chi connectivity index (χ0n) is 12.9. The standard InChI is InChI=1S/C9H9FO3.C6H14O2/c1-12-8-3-2-7(10)6-9(8)13-5-4-11;1-4-7-6(3)8-5-2/h2-4,6H,5H2,1H3;6H,4-5H2,1-3H3. The molecule has 1 rings (SSSR count). The Morgan fingerprint density at radius 2 is 1.81 bits per heavy atom. The quantitative estimate of drug-likeness (QED) is 0.546. The van der Waals surface area contributed by atoms with Gasteiger partial charge in [-0.2, -0.15) is 0 Å². The fraction of sp³-hybridized carbons (Fsp3) is 0.533. The molecule has 0 heterocycles. The van der Waals surface area contributed by atoms with Crippen LogP contribution in [0.15, 0.2) is 18.2 Å². The van der Waals surface area contributed by atoms with E-state index >= 15 is 0 Å². The third-order valence-corrected chi connectivity index (χ3v) is 2.24. The highest BCUT2D eigenvalue weighted by atomic mass is 19.1. The van der Waals surface area contributed by atoms with Gasteiger partial charge in [-0.3, -0.25) is 4.79 Å². The van der Waals surface area contributed by atoms with Gasteiger partial charge in [-0.15, -0.1) is 0 Å². The molecule has 0 amide bonds. The van der Waals surface area contributed by atoms with Crippen LogP contribution in [-0.2, 0) is 14.3 Å². The maximum Gasteiger partial charge on any atom is 0.164 e. The Bertz CT molecular complexity index is 392. The van der Waals surface area contributed by atoms with Crippen molar-refractivity contribution in [2.24, 2.45) is 0 Å². The van der Waals surface area contributed by atoms with Gasteiger partial charge in [0.15, 0.2) is 24.1 Å². The van der Waals surface area contributed by atoms with Crippen molar-refractivity contribution in [1.82, 2.24) is 0 Å². The lowest BCUT2D eigenvalue weighted by molar-refractivity contribution is -0.123. The molecule has 1 aromatic carbocycles. The van der Waals surface area contributed by atoms with Crippen LogP contribution in [0, 0.1) is 5.82 Å². The van der Waals surface area contributed by atoms with Crippen LogP contribution >= 0.6 is 0 Å². The smallest absolute Gasteiger partial charge is 0.164 e. The predicted octanol–water partition coefficient (Wildman–Crippen LogP) is 2.82. The first-order chi connectivity index (χ1) is 10.1. The summed E-state index contributed by atoms with van der Waals surface area (Å²) in [6.07, 6.45) is 0.551. The summed E-state index contributed by atoms with van der Waals surface area (Å²) in [7, 11) is 1.45. The SMILES string of the molecule is CCOC(C)OCC.COc1ccc(F)cc1OCC=O. The Kier molecular flexibility index (Phi) is 11.2. The van der Waals surface area contributed by atoms with Crippen molar-refractivity contribution < 1.29 is 28.1 Å².